The molecule has 2 aliphatic rings. The van der Waals surface area contributed by atoms with Crippen LogP contribution in [0.2, 0.25) is 0 Å². The summed E-state index contributed by atoms with van der Waals surface area (Å²) in [4.78, 5) is 2.57. The monoisotopic (exact) mass is 403 g/mol. The van der Waals surface area contributed by atoms with Gasteiger partial charge in [0.1, 0.15) is 0 Å². The van der Waals surface area contributed by atoms with Crippen molar-refractivity contribution in [3.63, 3.8) is 0 Å². The number of aryl methyl sites for hydroxylation is 1. The highest BCUT2D eigenvalue weighted by molar-refractivity contribution is 6.62. The Morgan fingerprint density at radius 2 is 1.67 bits per heavy atom. The van der Waals surface area contributed by atoms with Gasteiger partial charge in [0, 0.05) is 19.1 Å². The largest absolute Gasteiger partial charge is 0.495 e. The first kappa shape index (κ1) is 21.4. The molecule has 0 bridgehead atoms. The van der Waals surface area contributed by atoms with Gasteiger partial charge in [-0.2, -0.15) is 0 Å². The van der Waals surface area contributed by atoms with Gasteiger partial charge >= 0.3 is 7.12 Å². The number of nitrogens with zero attached hydrogens (tertiary/aromatic N) is 1. The predicted molar refractivity (Wildman–Crippen MR) is 126 cm³/mol. The quantitative estimate of drug-likeness (QED) is 0.673. The lowest BCUT2D eigenvalue weighted by Gasteiger charge is -2.33. The highest BCUT2D eigenvalue weighted by Crippen LogP contribution is 2.37. The standard InChI is InChI=1S/C26H34BNO2/c1-19-16-22(14-15-24(19)27-29-25(3,4)26(5,6)30-27)23-13-12-20(2)28(18-23)17-21-10-8-7-9-11-21/h7-11,13-16,20H,12,17-18H2,1-6H3. The summed E-state index contributed by atoms with van der Waals surface area (Å²) in [5.41, 5.74) is 5.80. The van der Waals surface area contributed by atoms with Crippen LogP contribution in [0.3, 0.4) is 0 Å². The van der Waals surface area contributed by atoms with Gasteiger partial charge in [-0.15, -0.1) is 0 Å². The molecule has 30 heavy (non-hydrogen) atoms. The Morgan fingerprint density at radius 1 is 1.00 bits per heavy atom. The number of rotatable bonds is 4. The van der Waals surface area contributed by atoms with Gasteiger partial charge in [-0.25, -0.2) is 0 Å². The minimum absolute atomic E-state index is 0.306. The third-order valence-corrected chi connectivity index (χ3v) is 7.08. The first-order valence-electron chi connectivity index (χ1n) is 11.1. The molecule has 0 N–H and O–H groups in total. The second-order valence-corrected chi connectivity index (χ2v) is 9.86. The maximum Gasteiger partial charge on any atom is 0.495 e. The molecule has 0 saturated carbocycles. The van der Waals surface area contributed by atoms with Crippen LogP contribution in [0.15, 0.2) is 54.6 Å². The lowest BCUT2D eigenvalue weighted by Crippen LogP contribution is -2.41. The highest BCUT2D eigenvalue weighted by Gasteiger charge is 2.52. The minimum Gasteiger partial charge on any atom is -0.399 e. The molecule has 1 atom stereocenters. The minimum atomic E-state index is -0.317. The fourth-order valence-corrected chi connectivity index (χ4v) is 4.25. The van der Waals surface area contributed by atoms with Crippen LogP contribution in [0.5, 0.6) is 0 Å². The van der Waals surface area contributed by atoms with Crippen LogP contribution in [-0.4, -0.2) is 35.8 Å². The highest BCUT2D eigenvalue weighted by atomic mass is 16.7. The number of hydrogen-bond donors (Lipinski definition) is 0. The zero-order valence-electron chi connectivity index (χ0n) is 19.2. The van der Waals surface area contributed by atoms with Gasteiger partial charge in [0.05, 0.1) is 11.2 Å². The number of hydrogen-bond acceptors (Lipinski definition) is 3. The first-order chi connectivity index (χ1) is 14.2. The van der Waals surface area contributed by atoms with Gasteiger partial charge in [-0.05, 0) is 70.1 Å². The van der Waals surface area contributed by atoms with Crippen molar-refractivity contribution in [2.75, 3.05) is 6.54 Å². The second-order valence-electron chi connectivity index (χ2n) is 9.86. The van der Waals surface area contributed by atoms with E-state index in [1.165, 1.54) is 22.3 Å². The Hall–Kier alpha value is -1.88. The van der Waals surface area contributed by atoms with Crippen molar-refractivity contribution in [3.05, 3.63) is 71.3 Å². The van der Waals surface area contributed by atoms with E-state index in [2.05, 4.69) is 101 Å². The molecule has 2 heterocycles. The molecule has 0 radical (unpaired) electrons. The summed E-state index contributed by atoms with van der Waals surface area (Å²) in [6.07, 6.45) is 3.50. The third-order valence-electron chi connectivity index (χ3n) is 7.08. The van der Waals surface area contributed by atoms with Crippen LogP contribution >= 0.6 is 0 Å². The van der Waals surface area contributed by atoms with Crippen LogP contribution in [0.25, 0.3) is 5.57 Å². The molecular formula is C26H34BNO2. The average molecular weight is 403 g/mol. The molecular weight excluding hydrogens is 369 g/mol. The zero-order valence-corrected chi connectivity index (χ0v) is 19.2. The average Bonchev–Trinajstić information content (AvgIpc) is 2.91. The zero-order chi connectivity index (χ0) is 21.5. The molecule has 1 unspecified atom stereocenters. The second kappa shape index (κ2) is 7.99. The van der Waals surface area contributed by atoms with Gasteiger partial charge in [0.25, 0.3) is 0 Å². The van der Waals surface area contributed by atoms with Crippen LogP contribution < -0.4 is 5.46 Å². The van der Waals surface area contributed by atoms with Crippen LogP contribution in [0, 0.1) is 6.92 Å². The summed E-state index contributed by atoms with van der Waals surface area (Å²) < 4.78 is 12.5. The fourth-order valence-electron chi connectivity index (χ4n) is 4.25. The van der Waals surface area contributed by atoms with E-state index < -0.39 is 0 Å². The molecule has 158 valence electrons. The van der Waals surface area contributed by atoms with E-state index in [1.807, 2.05) is 0 Å². The van der Waals surface area contributed by atoms with Crippen molar-refractivity contribution < 1.29 is 9.31 Å². The van der Waals surface area contributed by atoms with Crippen molar-refractivity contribution in [3.8, 4) is 0 Å². The van der Waals surface area contributed by atoms with Crippen LogP contribution in [0.4, 0.5) is 0 Å². The first-order valence-corrected chi connectivity index (χ1v) is 11.1. The molecule has 0 aromatic heterocycles. The van der Waals surface area contributed by atoms with E-state index in [1.54, 1.807) is 0 Å². The molecule has 1 fully saturated rings. The van der Waals surface area contributed by atoms with E-state index >= 15 is 0 Å². The molecule has 3 nitrogen and oxygen atoms in total. The summed E-state index contributed by atoms with van der Waals surface area (Å²) in [6, 6.07) is 18.0. The third kappa shape index (κ3) is 4.14. The molecule has 2 aromatic rings. The molecule has 1 saturated heterocycles. The number of benzene rings is 2. The summed E-state index contributed by atoms with van der Waals surface area (Å²) in [5, 5.41) is 0. The Kier molecular flexibility index (Phi) is 5.69. The van der Waals surface area contributed by atoms with Gasteiger partial charge in [-0.3, -0.25) is 4.90 Å². The lowest BCUT2D eigenvalue weighted by molar-refractivity contribution is 0.00578. The van der Waals surface area contributed by atoms with Gasteiger partial charge in [-0.1, -0.05) is 60.2 Å². The molecule has 2 aliphatic heterocycles. The Morgan fingerprint density at radius 3 is 2.30 bits per heavy atom. The van der Waals surface area contributed by atoms with Gasteiger partial charge in [0.15, 0.2) is 0 Å². The Bertz CT molecular complexity index is 919. The van der Waals surface area contributed by atoms with E-state index in [0.717, 1.165) is 25.0 Å². The Balaban J connectivity index is 1.52. The normalized spacial score (nSPS) is 23.5. The van der Waals surface area contributed by atoms with Crippen molar-refractivity contribution in [1.82, 2.24) is 4.90 Å². The van der Waals surface area contributed by atoms with Crippen LogP contribution in [-0.2, 0) is 15.9 Å². The molecule has 0 amide bonds. The maximum atomic E-state index is 6.27. The summed E-state index contributed by atoms with van der Waals surface area (Å²) in [5.74, 6) is 0. The Labute approximate surface area is 182 Å². The topological polar surface area (TPSA) is 21.7 Å². The van der Waals surface area contributed by atoms with Gasteiger partial charge in [0.2, 0.25) is 0 Å². The smallest absolute Gasteiger partial charge is 0.399 e. The summed E-state index contributed by atoms with van der Waals surface area (Å²) >= 11 is 0. The predicted octanol–water partition coefficient (Wildman–Crippen LogP) is 4.97. The van der Waals surface area contributed by atoms with E-state index in [4.69, 9.17) is 9.31 Å². The van der Waals surface area contributed by atoms with Crippen molar-refractivity contribution >= 4 is 18.2 Å². The van der Waals surface area contributed by atoms with E-state index in [9.17, 15) is 0 Å². The van der Waals surface area contributed by atoms with Gasteiger partial charge < -0.3 is 9.31 Å². The molecule has 0 spiro atoms. The lowest BCUT2D eigenvalue weighted by atomic mass is 9.75. The molecule has 2 aromatic carbocycles. The van der Waals surface area contributed by atoms with Crippen molar-refractivity contribution in [2.45, 2.75) is 71.8 Å². The maximum absolute atomic E-state index is 6.27. The van der Waals surface area contributed by atoms with E-state index in [-0.39, 0.29) is 18.3 Å². The van der Waals surface area contributed by atoms with Crippen LogP contribution in [0.1, 0.15) is 57.7 Å². The SMILES string of the molecule is Cc1cc(C2=CCC(C)N(Cc3ccccc3)C2)ccc1B1OC(C)(C)C(C)(C)O1. The summed E-state index contributed by atoms with van der Waals surface area (Å²) in [6.45, 7) is 14.9. The van der Waals surface area contributed by atoms with E-state index in [0.29, 0.717) is 6.04 Å². The molecule has 4 heteroatoms. The molecule has 4 rings (SSSR count). The summed E-state index contributed by atoms with van der Waals surface area (Å²) in [7, 11) is -0.306. The molecule has 0 aliphatic carbocycles. The van der Waals surface area contributed by atoms with Crippen molar-refractivity contribution in [2.24, 2.45) is 0 Å². The van der Waals surface area contributed by atoms with Crippen molar-refractivity contribution in [1.29, 1.82) is 0 Å². The fraction of sp³-hybridized carbons (Fsp3) is 0.462.